The van der Waals surface area contributed by atoms with Crippen LogP contribution in [-0.2, 0) is 0 Å². The average Bonchev–Trinajstić information content (AvgIpc) is 3.09. The number of amides is 1. The van der Waals surface area contributed by atoms with Crippen LogP contribution < -0.4 is 5.32 Å². The molecule has 1 amide bonds. The highest BCUT2D eigenvalue weighted by Gasteiger charge is 2.23. The van der Waals surface area contributed by atoms with Crippen molar-refractivity contribution in [2.45, 2.75) is 32.2 Å². The van der Waals surface area contributed by atoms with Crippen LogP contribution >= 0.6 is 0 Å². The third-order valence-electron chi connectivity index (χ3n) is 3.87. The number of hydrogen-bond acceptors (Lipinski definition) is 2. The number of carbonyl (C=O) groups is 1. The lowest BCUT2D eigenvalue weighted by Gasteiger charge is -2.10. The van der Waals surface area contributed by atoms with E-state index in [0.29, 0.717) is 17.7 Å². The Labute approximate surface area is 118 Å². The molecule has 1 aliphatic rings. The van der Waals surface area contributed by atoms with Crippen LogP contribution in [0.15, 0.2) is 42.6 Å². The first-order valence-corrected chi connectivity index (χ1v) is 7.14. The normalized spacial score (nSPS) is 21.9. The summed E-state index contributed by atoms with van der Waals surface area (Å²) in [7, 11) is 0. The smallest absolute Gasteiger partial charge is 0.272 e. The first kappa shape index (κ1) is 12.9. The van der Waals surface area contributed by atoms with E-state index in [1.54, 1.807) is 10.7 Å². The van der Waals surface area contributed by atoms with E-state index in [2.05, 4.69) is 17.3 Å². The number of nitrogens with zero attached hydrogens (tertiary/aromatic N) is 2. The van der Waals surface area contributed by atoms with Crippen molar-refractivity contribution < 1.29 is 4.79 Å². The van der Waals surface area contributed by atoms with Crippen molar-refractivity contribution in [3.8, 4) is 5.69 Å². The van der Waals surface area contributed by atoms with Gasteiger partial charge in [0.15, 0.2) is 5.69 Å². The maximum Gasteiger partial charge on any atom is 0.272 e. The third-order valence-corrected chi connectivity index (χ3v) is 3.87. The van der Waals surface area contributed by atoms with Gasteiger partial charge in [-0.05, 0) is 43.4 Å². The largest absolute Gasteiger partial charge is 0.348 e. The van der Waals surface area contributed by atoms with E-state index < -0.39 is 0 Å². The van der Waals surface area contributed by atoms with E-state index >= 15 is 0 Å². The number of carbonyl (C=O) groups excluding carboxylic acids is 1. The van der Waals surface area contributed by atoms with E-state index in [0.717, 1.165) is 18.5 Å². The summed E-state index contributed by atoms with van der Waals surface area (Å²) >= 11 is 0. The second-order valence-corrected chi connectivity index (χ2v) is 5.57. The minimum atomic E-state index is -0.0706. The molecule has 0 spiro atoms. The molecule has 1 fully saturated rings. The molecule has 2 atom stereocenters. The van der Waals surface area contributed by atoms with Crippen molar-refractivity contribution in [3.05, 3.63) is 48.3 Å². The SMILES string of the molecule is CC1CCC(NC(=O)c2ccn(-c3ccccc3)n2)C1. The van der Waals surface area contributed by atoms with Crippen LogP contribution in [0.25, 0.3) is 5.69 Å². The van der Waals surface area contributed by atoms with Crippen molar-refractivity contribution in [1.82, 2.24) is 15.1 Å². The zero-order valence-electron chi connectivity index (χ0n) is 11.6. The quantitative estimate of drug-likeness (QED) is 0.931. The Hall–Kier alpha value is -2.10. The fourth-order valence-corrected chi connectivity index (χ4v) is 2.77. The van der Waals surface area contributed by atoms with Gasteiger partial charge < -0.3 is 5.32 Å². The highest BCUT2D eigenvalue weighted by molar-refractivity contribution is 5.92. The number of hydrogen-bond donors (Lipinski definition) is 1. The van der Waals surface area contributed by atoms with Gasteiger partial charge in [0.2, 0.25) is 0 Å². The molecule has 1 aliphatic carbocycles. The second kappa shape index (κ2) is 5.49. The van der Waals surface area contributed by atoms with Gasteiger partial charge in [0.1, 0.15) is 0 Å². The Morgan fingerprint density at radius 1 is 1.25 bits per heavy atom. The van der Waals surface area contributed by atoms with Crippen molar-refractivity contribution in [1.29, 1.82) is 0 Å². The molecule has 1 saturated carbocycles. The standard InChI is InChI=1S/C16H19N3O/c1-12-7-8-13(11-12)17-16(20)15-9-10-19(18-15)14-5-3-2-4-6-14/h2-6,9-10,12-13H,7-8,11H2,1H3,(H,17,20). The Balaban J connectivity index is 1.69. The van der Waals surface area contributed by atoms with Crippen LogP contribution in [0.5, 0.6) is 0 Å². The molecule has 1 heterocycles. The molecule has 20 heavy (non-hydrogen) atoms. The fourth-order valence-electron chi connectivity index (χ4n) is 2.77. The van der Waals surface area contributed by atoms with E-state index in [9.17, 15) is 4.79 Å². The molecule has 1 N–H and O–H groups in total. The summed E-state index contributed by atoms with van der Waals surface area (Å²) in [5, 5.41) is 7.42. The monoisotopic (exact) mass is 269 g/mol. The summed E-state index contributed by atoms with van der Waals surface area (Å²) in [5.41, 5.74) is 1.44. The van der Waals surface area contributed by atoms with Gasteiger partial charge in [0, 0.05) is 12.2 Å². The zero-order chi connectivity index (χ0) is 13.9. The third kappa shape index (κ3) is 2.74. The number of para-hydroxylation sites is 1. The Morgan fingerprint density at radius 3 is 2.75 bits per heavy atom. The highest BCUT2D eigenvalue weighted by Crippen LogP contribution is 2.24. The Kier molecular flexibility index (Phi) is 3.54. The van der Waals surface area contributed by atoms with Crippen molar-refractivity contribution in [2.75, 3.05) is 0 Å². The predicted molar refractivity (Wildman–Crippen MR) is 77.8 cm³/mol. The number of aromatic nitrogens is 2. The number of rotatable bonds is 3. The van der Waals surface area contributed by atoms with E-state index in [4.69, 9.17) is 0 Å². The first-order chi connectivity index (χ1) is 9.72. The lowest BCUT2D eigenvalue weighted by atomic mass is 10.1. The molecular formula is C16H19N3O. The molecule has 4 heteroatoms. The van der Waals surface area contributed by atoms with Crippen molar-refractivity contribution >= 4 is 5.91 Å². The fraction of sp³-hybridized carbons (Fsp3) is 0.375. The number of benzene rings is 1. The molecule has 2 aromatic rings. The maximum atomic E-state index is 12.2. The van der Waals surface area contributed by atoms with E-state index in [-0.39, 0.29) is 5.91 Å². The van der Waals surface area contributed by atoms with Crippen LogP contribution in [-0.4, -0.2) is 21.7 Å². The van der Waals surface area contributed by atoms with Crippen LogP contribution in [0, 0.1) is 5.92 Å². The molecule has 0 bridgehead atoms. The van der Waals surface area contributed by atoms with E-state index in [1.807, 2.05) is 36.5 Å². The first-order valence-electron chi connectivity index (χ1n) is 7.14. The summed E-state index contributed by atoms with van der Waals surface area (Å²) in [6, 6.07) is 11.9. The Bertz CT molecular complexity index is 591. The molecule has 2 unspecified atom stereocenters. The summed E-state index contributed by atoms with van der Waals surface area (Å²) in [6.45, 7) is 2.23. The maximum absolute atomic E-state index is 12.2. The lowest BCUT2D eigenvalue weighted by Crippen LogP contribution is -2.33. The summed E-state index contributed by atoms with van der Waals surface area (Å²) < 4.78 is 1.73. The molecule has 104 valence electrons. The van der Waals surface area contributed by atoms with Crippen LogP contribution in [0.1, 0.15) is 36.7 Å². The number of nitrogens with one attached hydrogen (secondary N) is 1. The van der Waals surface area contributed by atoms with Gasteiger partial charge in [-0.3, -0.25) is 4.79 Å². The second-order valence-electron chi connectivity index (χ2n) is 5.57. The summed E-state index contributed by atoms with van der Waals surface area (Å²) in [5.74, 6) is 0.640. The van der Waals surface area contributed by atoms with Crippen LogP contribution in [0.2, 0.25) is 0 Å². The van der Waals surface area contributed by atoms with Gasteiger partial charge in [-0.1, -0.05) is 25.1 Å². The van der Waals surface area contributed by atoms with Gasteiger partial charge in [-0.2, -0.15) is 5.10 Å². The molecule has 3 rings (SSSR count). The van der Waals surface area contributed by atoms with Crippen LogP contribution in [0.4, 0.5) is 0 Å². The van der Waals surface area contributed by atoms with Crippen molar-refractivity contribution in [2.24, 2.45) is 5.92 Å². The van der Waals surface area contributed by atoms with Gasteiger partial charge >= 0.3 is 0 Å². The highest BCUT2D eigenvalue weighted by atomic mass is 16.2. The summed E-state index contributed by atoms with van der Waals surface area (Å²) in [4.78, 5) is 12.2. The van der Waals surface area contributed by atoms with Gasteiger partial charge in [-0.25, -0.2) is 4.68 Å². The molecule has 1 aromatic carbocycles. The minimum absolute atomic E-state index is 0.0706. The van der Waals surface area contributed by atoms with Gasteiger partial charge in [0.05, 0.1) is 5.69 Å². The average molecular weight is 269 g/mol. The molecule has 0 radical (unpaired) electrons. The zero-order valence-corrected chi connectivity index (χ0v) is 11.6. The van der Waals surface area contributed by atoms with Gasteiger partial charge in [0.25, 0.3) is 5.91 Å². The Morgan fingerprint density at radius 2 is 2.05 bits per heavy atom. The molecule has 4 nitrogen and oxygen atoms in total. The molecule has 0 aliphatic heterocycles. The van der Waals surface area contributed by atoms with E-state index in [1.165, 1.54) is 6.42 Å². The lowest BCUT2D eigenvalue weighted by molar-refractivity contribution is 0.0932. The molecule has 1 aromatic heterocycles. The van der Waals surface area contributed by atoms with Crippen LogP contribution in [0.3, 0.4) is 0 Å². The molecular weight excluding hydrogens is 250 g/mol. The van der Waals surface area contributed by atoms with Gasteiger partial charge in [-0.15, -0.1) is 0 Å². The summed E-state index contributed by atoms with van der Waals surface area (Å²) in [6.07, 6.45) is 5.17. The van der Waals surface area contributed by atoms with Crippen molar-refractivity contribution in [3.63, 3.8) is 0 Å². The molecule has 0 saturated heterocycles. The topological polar surface area (TPSA) is 46.9 Å². The predicted octanol–water partition coefficient (Wildman–Crippen LogP) is 2.79. The minimum Gasteiger partial charge on any atom is -0.348 e.